The molecule has 2 amide bonds. The van der Waals surface area contributed by atoms with Crippen molar-refractivity contribution in [3.63, 3.8) is 0 Å². The van der Waals surface area contributed by atoms with Gasteiger partial charge in [-0.2, -0.15) is 13.2 Å². The minimum Gasteiger partial charge on any atom is -0.384 e. The summed E-state index contributed by atoms with van der Waals surface area (Å²) in [6.45, 7) is 2.43. The van der Waals surface area contributed by atoms with E-state index in [9.17, 15) is 22.8 Å². The molecule has 1 aromatic carbocycles. The Bertz CT molecular complexity index is 636. The Morgan fingerprint density at radius 3 is 2.33 bits per heavy atom. The molecule has 0 bridgehead atoms. The molecule has 6 nitrogen and oxygen atoms in total. The second-order valence-corrected chi connectivity index (χ2v) is 6.72. The highest BCUT2D eigenvalue weighted by atomic mass is 19.4. The number of alkyl halides is 3. The third-order valence-corrected chi connectivity index (χ3v) is 4.66. The number of carbonyl (C=O) groups is 2. The highest BCUT2D eigenvalue weighted by Crippen LogP contribution is 2.29. The number of nitrogens with one attached hydrogen (secondary N) is 3. The number of halogens is 3. The van der Waals surface area contributed by atoms with Gasteiger partial charge in [0, 0.05) is 24.6 Å². The Kier molecular flexibility index (Phi) is 7.20. The van der Waals surface area contributed by atoms with Crippen LogP contribution in [0.5, 0.6) is 0 Å². The van der Waals surface area contributed by atoms with Crippen LogP contribution >= 0.6 is 0 Å². The van der Waals surface area contributed by atoms with Crippen molar-refractivity contribution >= 4 is 11.8 Å². The fourth-order valence-corrected chi connectivity index (χ4v) is 3.06. The molecule has 0 atom stereocenters. The summed E-state index contributed by atoms with van der Waals surface area (Å²) in [5.74, 6) is -0.961. The fourth-order valence-electron chi connectivity index (χ4n) is 3.06. The summed E-state index contributed by atoms with van der Waals surface area (Å²) in [7, 11) is 1.62. The molecule has 3 N–H and O–H groups in total. The summed E-state index contributed by atoms with van der Waals surface area (Å²) in [5, 5.41) is 8.48. The number of benzene rings is 1. The van der Waals surface area contributed by atoms with Crippen molar-refractivity contribution in [2.24, 2.45) is 5.41 Å². The van der Waals surface area contributed by atoms with Crippen molar-refractivity contribution in [2.75, 3.05) is 39.9 Å². The largest absolute Gasteiger partial charge is 0.416 e. The second kappa shape index (κ2) is 9.18. The van der Waals surface area contributed by atoms with Gasteiger partial charge in [-0.15, -0.1) is 0 Å². The Morgan fingerprint density at radius 1 is 1.15 bits per heavy atom. The van der Waals surface area contributed by atoms with Gasteiger partial charge in [0.25, 0.3) is 5.91 Å². The molecule has 0 unspecified atom stereocenters. The van der Waals surface area contributed by atoms with E-state index in [1.165, 1.54) is 0 Å². The molecular formula is C18H24F3N3O3. The molecule has 0 aliphatic carbocycles. The Balaban J connectivity index is 1.81. The Hall–Kier alpha value is -2.13. The predicted octanol–water partition coefficient (Wildman–Crippen LogP) is 1.57. The summed E-state index contributed by atoms with van der Waals surface area (Å²) in [6, 6.07) is 3.83. The summed E-state index contributed by atoms with van der Waals surface area (Å²) in [5.41, 5.74) is -0.903. The first-order chi connectivity index (χ1) is 12.8. The van der Waals surface area contributed by atoms with E-state index in [4.69, 9.17) is 4.74 Å². The number of ether oxygens (including phenoxy) is 1. The molecule has 0 aromatic heterocycles. The Morgan fingerprint density at radius 2 is 1.78 bits per heavy atom. The molecule has 1 fully saturated rings. The van der Waals surface area contributed by atoms with Crippen LogP contribution < -0.4 is 16.0 Å². The number of methoxy groups -OCH3 is 1. The van der Waals surface area contributed by atoms with E-state index in [2.05, 4.69) is 16.0 Å². The van der Waals surface area contributed by atoms with Crippen LogP contribution in [0.25, 0.3) is 0 Å². The molecule has 1 aliphatic heterocycles. The SMILES string of the molecule is COCC1(CNC(=O)CNC(=O)c2ccc(C(F)(F)F)cc2)CCNCC1. The third-order valence-electron chi connectivity index (χ3n) is 4.66. The molecule has 1 aromatic rings. The zero-order chi connectivity index (χ0) is 19.9. The molecule has 1 heterocycles. The van der Waals surface area contributed by atoms with Crippen LogP contribution in [0.15, 0.2) is 24.3 Å². The van der Waals surface area contributed by atoms with Crippen molar-refractivity contribution in [3.05, 3.63) is 35.4 Å². The monoisotopic (exact) mass is 387 g/mol. The van der Waals surface area contributed by atoms with Gasteiger partial charge in [0.05, 0.1) is 18.7 Å². The van der Waals surface area contributed by atoms with Gasteiger partial charge in [0.2, 0.25) is 5.91 Å². The average Bonchev–Trinajstić information content (AvgIpc) is 2.65. The minimum atomic E-state index is -4.46. The number of amides is 2. The number of piperidine rings is 1. The quantitative estimate of drug-likeness (QED) is 0.664. The van der Waals surface area contributed by atoms with Gasteiger partial charge >= 0.3 is 6.18 Å². The van der Waals surface area contributed by atoms with Crippen LogP contribution in [0.1, 0.15) is 28.8 Å². The number of hydrogen-bond acceptors (Lipinski definition) is 4. The van der Waals surface area contributed by atoms with E-state index in [1.54, 1.807) is 7.11 Å². The van der Waals surface area contributed by atoms with Gasteiger partial charge in [0.15, 0.2) is 0 Å². The highest BCUT2D eigenvalue weighted by molar-refractivity contribution is 5.96. The van der Waals surface area contributed by atoms with E-state index in [0.29, 0.717) is 13.2 Å². The number of carbonyl (C=O) groups excluding carboxylic acids is 2. The lowest BCUT2D eigenvalue weighted by atomic mass is 9.79. The van der Waals surface area contributed by atoms with Gasteiger partial charge in [-0.1, -0.05) is 0 Å². The van der Waals surface area contributed by atoms with Crippen LogP contribution in [0, 0.1) is 5.41 Å². The van der Waals surface area contributed by atoms with Crippen LogP contribution in [0.3, 0.4) is 0 Å². The van der Waals surface area contributed by atoms with Crippen molar-refractivity contribution in [2.45, 2.75) is 19.0 Å². The smallest absolute Gasteiger partial charge is 0.384 e. The first-order valence-corrected chi connectivity index (χ1v) is 8.68. The molecule has 0 saturated carbocycles. The maximum absolute atomic E-state index is 12.5. The Labute approximate surface area is 155 Å². The van der Waals surface area contributed by atoms with Crippen molar-refractivity contribution in [1.82, 2.24) is 16.0 Å². The van der Waals surface area contributed by atoms with Crippen LogP contribution in [0.2, 0.25) is 0 Å². The molecule has 1 aliphatic rings. The van der Waals surface area contributed by atoms with Crippen molar-refractivity contribution < 1.29 is 27.5 Å². The summed E-state index contributed by atoms with van der Waals surface area (Å²) < 4.78 is 42.9. The maximum Gasteiger partial charge on any atom is 0.416 e. The molecule has 27 heavy (non-hydrogen) atoms. The van der Waals surface area contributed by atoms with Crippen LogP contribution in [0.4, 0.5) is 13.2 Å². The molecule has 0 radical (unpaired) electrons. The minimum absolute atomic E-state index is 0.0602. The van der Waals surface area contributed by atoms with E-state index in [1.807, 2.05) is 0 Å². The standard InChI is InChI=1S/C18H24F3N3O3/c1-27-12-17(6-8-22-9-7-17)11-24-15(25)10-23-16(26)13-2-4-14(5-3-13)18(19,20)21/h2-5,22H,6-12H2,1H3,(H,23,26)(H,24,25). The van der Waals surface area contributed by atoms with E-state index in [0.717, 1.165) is 50.2 Å². The fraction of sp³-hybridized carbons (Fsp3) is 0.556. The first-order valence-electron chi connectivity index (χ1n) is 8.68. The van der Waals surface area contributed by atoms with Gasteiger partial charge in [-0.3, -0.25) is 9.59 Å². The molecule has 2 rings (SSSR count). The number of hydrogen-bond donors (Lipinski definition) is 3. The summed E-state index contributed by atoms with van der Waals surface area (Å²) in [6.07, 6.45) is -2.71. The van der Waals surface area contributed by atoms with E-state index >= 15 is 0 Å². The second-order valence-electron chi connectivity index (χ2n) is 6.72. The zero-order valence-corrected chi connectivity index (χ0v) is 15.1. The topological polar surface area (TPSA) is 79.5 Å². The molecule has 0 spiro atoms. The van der Waals surface area contributed by atoms with E-state index in [-0.39, 0.29) is 23.4 Å². The predicted molar refractivity (Wildman–Crippen MR) is 93.2 cm³/mol. The number of rotatable bonds is 7. The van der Waals surface area contributed by atoms with Gasteiger partial charge in [0.1, 0.15) is 0 Å². The normalized spacial score (nSPS) is 16.6. The third kappa shape index (κ3) is 6.21. The lowest BCUT2D eigenvalue weighted by Gasteiger charge is -2.37. The molecule has 150 valence electrons. The maximum atomic E-state index is 12.5. The van der Waals surface area contributed by atoms with Gasteiger partial charge in [-0.05, 0) is 50.2 Å². The van der Waals surface area contributed by atoms with Gasteiger partial charge < -0.3 is 20.7 Å². The molecule has 9 heteroatoms. The summed E-state index contributed by atoms with van der Waals surface area (Å²) in [4.78, 5) is 24.0. The van der Waals surface area contributed by atoms with Crippen molar-refractivity contribution in [3.8, 4) is 0 Å². The molecule has 1 saturated heterocycles. The van der Waals surface area contributed by atoms with Crippen LogP contribution in [-0.4, -0.2) is 51.7 Å². The first kappa shape index (κ1) is 21.2. The summed E-state index contributed by atoms with van der Waals surface area (Å²) >= 11 is 0. The lowest BCUT2D eigenvalue weighted by molar-refractivity contribution is -0.137. The zero-order valence-electron chi connectivity index (χ0n) is 15.1. The average molecular weight is 387 g/mol. The van der Waals surface area contributed by atoms with E-state index < -0.39 is 17.6 Å². The van der Waals surface area contributed by atoms with Crippen molar-refractivity contribution in [1.29, 1.82) is 0 Å². The van der Waals surface area contributed by atoms with Gasteiger partial charge in [-0.25, -0.2) is 0 Å². The lowest BCUT2D eigenvalue weighted by Crippen LogP contribution is -2.48. The molecular weight excluding hydrogens is 363 g/mol. The highest BCUT2D eigenvalue weighted by Gasteiger charge is 2.32. The van der Waals surface area contributed by atoms with Crippen LogP contribution in [-0.2, 0) is 15.7 Å².